The SMILES string of the molecule is COC(=O)Cn1ncc(NCCC2CCC2)c(Cl)c1=O. The maximum Gasteiger partial charge on any atom is 0.327 e. The summed E-state index contributed by atoms with van der Waals surface area (Å²) in [6.07, 6.45) is 6.42. The van der Waals surface area contributed by atoms with Gasteiger partial charge < -0.3 is 10.1 Å². The van der Waals surface area contributed by atoms with Crippen molar-refractivity contribution in [2.24, 2.45) is 5.92 Å². The Kier molecular flexibility index (Phi) is 5.00. The Bertz CT molecular complexity index is 540. The predicted octanol–water partition coefficient (Wildman–Crippen LogP) is 1.67. The lowest BCUT2D eigenvalue weighted by molar-refractivity contribution is -0.141. The number of hydrogen-bond donors (Lipinski definition) is 1. The Labute approximate surface area is 122 Å². The Morgan fingerprint density at radius 2 is 2.35 bits per heavy atom. The molecule has 0 amide bonds. The summed E-state index contributed by atoms with van der Waals surface area (Å²) in [5.74, 6) is 0.246. The van der Waals surface area contributed by atoms with Gasteiger partial charge in [0.15, 0.2) is 0 Å². The molecule has 20 heavy (non-hydrogen) atoms. The van der Waals surface area contributed by atoms with Gasteiger partial charge in [-0.25, -0.2) is 4.68 Å². The maximum absolute atomic E-state index is 11.9. The summed E-state index contributed by atoms with van der Waals surface area (Å²) >= 11 is 6.00. The highest BCUT2D eigenvalue weighted by Crippen LogP contribution is 2.29. The number of nitrogens with one attached hydrogen (secondary N) is 1. The summed E-state index contributed by atoms with van der Waals surface area (Å²) < 4.78 is 5.48. The normalized spacial score (nSPS) is 14.7. The van der Waals surface area contributed by atoms with Gasteiger partial charge in [-0.1, -0.05) is 30.9 Å². The van der Waals surface area contributed by atoms with E-state index >= 15 is 0 Å². The zero-order valence-corrected chi connectivity index (χ0v) is 12.2. The van der Waals surface area contributed by atoms with E-state index in [1.807, 2.05) is 0 Å². The third-order valence-corrected chi connectivity index (χ3v) is 3.95. The van der Waals surface area contributed by atoms with Crippen molar-refractivity contribution in [3.63, 3.8) is 0 Å². The van der Waals surface area contributed by atoms with Crippen molar-refractivity contribution >= 4 is 23.3 Å². The van der Waals surface area contributed by atoms with Crippen molar-refractivity contribution in [2.45, 2.75) is 32.2 Å². The van der Waals surface area contributed by atoms with Gasteiger partial charge in [0.1, 0.15) is 11.6 Å². The maximum atomic E-state index is 11.9. The van der Waals surface area contributed by atoms with E-state index in [-0.39, 0.29) is 11.6 Å². The lowest BCUT2D eigenvalue weighted by atomic mass is 9.83. The van der Waals surface area contributed by atoms with Gasteiger partial charge in [0.25, 0.3) is 5.56 Å². The summed E-state index contributed by atoms with van der Waals surface area (Å²) in [5.41, 5.74) is 0.0165. The van der Waals surface area contributed by atoms with E-state index in [1.165, 1.54) is 32.6 Å². The minimum absolute atomic E-state index is 0.0533. The summed E-state index contributed by atoms with van der Waals surface area (Å²) in [5, 5.41) is 7.09. The minimum Gasteiger partial charge on any atom is -0.468 e. The molecule has 0 unspecified atom stereocenters. The monoisotopic (exact) mass is 299 g/mol. The van der Waals surface area contributed by atoms with Crippen LogP contribution in [0.2, 0.25) is 5.02 Å². The first-order valence-electron chi connectivity index (χ1n) is 6.68. The molecule has 0 atom stereocenters. The second-order valence-electron chi connectivity index (χ2n) is 4.92. The molecule has 1 aromatic rings. The van der Waals surface area contributed by atoms with Crippen LogP contribution in [0.4, 0.5) is 5.69 Å². The van der Waals surface area contributed by atoms with Gasteiger partial charge in [0.2, 0.25) is 0 Å². The summed E-state index contributed by atoms with van der Waals surface area (Å²) in [6, 6.07) is 0. The Morgan fingerprint density at radius 3 is 2.95 bits per heavy atom. The van der Waals surface area contributed by atoms with Crippen LogP contribution >= 0.6 is 11.6 Å². The van der Waals surface area contributed by atoms with Crippen LogP contribution in [0, 0.1) is 5.92 Å². The first kappa shape index (κ1) is 14.8. The van der Waals surface area contributed by atoms with E-state index in [9.17, 15) is 9.59 Å². The first-order chi connectivity index (χ1) is 9.61. The number of ether oxygens (including phenoxy) is 1. The van der Waals surface area contributed by atoms with Crippen molar-refractivity contribution < 1.29 is 9.53 Å². The molecule has 2 rings (SSSR count). The summed E-state index contributed by atoms with van der Waals surface area (Å²) in [4.78, 5) is 23.1. The first-order valence-corrected chi connectivity index (χ1v) is 7.06. The van der Waals surface area contributed by atoms with Crippen LogP contribution in [-0.4, -0.2) is 29.4 Å². The van der Waals surface area contributed by atoms with Crippen LogP contribution in [0.3, 0.4) is 0 Å². The number of esters is 1. The number of carbonyl (C=O) groups is 1. The average Bonchev–Trinajstić information content (AvgIpc) is 2.40. The van der Waals surface area contributed by atoms with Gasteiger partial charge in [0.05, 0.1) is 19.0 Å². The van der Waals surface area contributed by atoms with Crippen molar-refractivity contribution in [1.82, 2.24) is 9.78 Å². The molecule has 1 saturated carbocycles. The van der Waals surface area contributed by atoms with Crippen LogP contribution in [0.5, 0.6) is 0 Å². The van der Waals surface area contributed by atoms with Crippen LogP contribution in [0.15, 0.2) is 11.0 Å². The zero-order chi connectivity index (χ0) is 14.5. The number of carbonyl (C=O) groups excluding carboxylic acids is 1. The largest absolute Gasteiger partial charge is 0.468 e. The van der Waals surface area contributed by atoms with Crippen molar-refractivity contribution in [3.8, 4) is 0 Å². The molecular weight excluding hydrogens is 282 g/mol. The molecule has 0 spiro atoms. The average molecular weight is 300 g/mol. The number of nitrogens with zero attached hydrogens (tertiary/aromatic N) is 2. The fraction of sp³-hybridized carbons (Fsp3) is 0.615. The second kappa shape index (κ2) is 6.74. The number of anilines is 1. The van der Waals surface area contributed by atoms with Gasteiger partial charge in [-0.3, -0.25) is 9.59 Å². The van der Waals surface area contributed by atoms with Crippen LogP contribution in [0.25, 0.3) is 0 Å². The highest BCUT2D eigenvalue weighted by Gasteiger charge is 2.17. The topological polar surface area (TPSA) is 73.2 Å². The number of hydrogen-bond acceptors (Lipinski definition) is 5. The molecule has 6 nitrogen and oxygen atoms in total. The quantitative estimate of drug-likeness (QED) is 0.809. The third kappa shape index (κ3) is 3.50. The molecule has 0 radical (unpaired) electrons. The van der Waals surface area contributed by atoms with E-state index in [0.29, 0.717) is 5.69 Å². The molecule has 0 aliphatic heterocycles. The fourth-order valence-electron chi connectivity index (χ4n) is 2.08. The Hall–Kier alpha value is -1.56. The van der Waals surface area contributed by atoms with Gasteiger partial charge >= 0.3 is 5.97 Å². The smallest absolute Gasteiger partial charge is 0.327 e. The van der Waals surface area contributed by atoms with Crippen LogP contribution in [0.1, 0.15) is 25.7 Å². The number of halogens is 1. The second-order valence-corrected chi connectivity index (χ2v) is 5.30. The lowest BCUT2D eigenvalue weighted by Crippen LogP contribution is -2.28. The van der Waals surface area contributed by atoms with E-state index in [1.54, 1.807) is 0 Å². The number of aromatic nitrogens is 2. The Morgan fingerprint density at radius 1 is 1.60 bits per heavy atom. The van der Waals surface area contributed by atoms with Crippen LogP contribution in [-0.2, 0) is 16.1 Å². The summed E-state index contributed by atoms with van der Waals surface area (Å²) in [6.45, 7) is 0.532. The van der Waals surface area contributed by atoms with Crippen molar-refractivity contribution in [3.05, 3.63) is 21.6 Å². The van der Waals surface area contributed by atoms with Gasteiger partial charge in [-0.15, -0.1) is 0 Å². The van der Waals surface area contributed by atoms with E-state index in [2.05, 4.69) is 15.2 Å². The molecule has 1 aliphatic carbocycles. The molecular formula is C13H18ClN3O3. The van der Waals surface area contributed by atoms with Gasteiger partial charge in [-0.05, 0) is 12.3 Å². The lowest BCUT2D eigenvalue weighted by Gasteiger charge is -2.25. The minimum atomic E-state index is -0.540. The number of methoxy groups -OCH3 is 1. The molecule has 0 saturated heterocycles. The molecule has 1 N–H and O–H groups in total. The standard InChI is InChI=1S/C13H18ClN3O3/c1-20-11(18)8-17-13(19)12(14)10(7-16-17)15-6-5-9-3-2-4-9/h7,9,15H,2-6,8H2,1H3. The molecule has 1 fully saturated rings. The third-order valence-electron chi connectivity index (χ3n) is 3.58. The highest BCUT2D eigenvalue weighted by atomic mass is 35.5. The highest BCUT2D eigenvalue weighted by molar-refractivity contribution is 6.32. The van der Waals surface area contributed by atoms with Crippen LogP contribution < -0.4 is 10.9 Å². The summed E-state index contributed by atoms with van der Waals surface area (Å²) in [7, 11) is 1.26. The molecule has 110 valence electrons. The van der Waals surface area contributed by atoms with Gasteiger partial charge in [-0.2, -0.15) is 5.10 Å². The number of rotatable bonds is 6. The van der Waals surface area contributed by atoms with Crippen molar-refractivity contribution in [2.75, 3.05) is 19.0 Å². The molecule has 7 heteroatoms. The van der Waals surface area contributed by atoms with Gasteiger partial charge in [0, 0.05) is 6.54 Å². The molecule has 1 aromatic heterocycles. The van der Waals surface area contributed by atoms with Crippen molar-refractivity contribution in [1.29, 1.82) is 0 Å². The molecule has 0 bridgehead atoms. The molecule has 1 heterocycles. The fourth-order valence-corrected chi connectivity index (χ4v) is 2.29. The van der Waals surface area contributed by atoms with E-state index < -0.39 is 11.5 Å². The van der Waals surface area contributed by atoms with E-state index in [0.717, 1.165) is 23.6 Å². The molecule has 1 aliphatic rings. The van der Waals surface area contributed by atoms with E-state index in [4.69, 9.17) is 11.6 Å². The predicted molar refractivity (Wildman–Crippen MR) is 76.0 cm³/mol. The zero-order valence-electron chi connectivity index (χ0n) is 11.4. The Balaban J connectivity index is 1.98. The molecule has 0 aromatic carbocycles.